The smallest absolute Gasteiger partial charge is 0.271 e. The quantitative estimate of drug-likeness (QED) is 0.793. The summed E-state index contributed by atoms with van der Waals surface area (Å²) in [5.41, 5.74) is 0.566. The number of ether oxygens (including phenoxy) is 1. The van der Waals surface area contributed by atoms with E-state index in [1.54, 1.807) is 31.4 Å². The summed E-state index contributed by atoms with van der Waals surface area (Å²) in [4.78, 5) is 23.7. The Hall–Kier alpha value is -2.67. The largest absolute Gasteiger partial charge is 0.497 e. The van der Waals surface area contributed by atoms with E-state index in [1.165, 1.54) is 16.8 Å². The molecular formula is C17H21N3O4. The molecule has 2 rings (SSSR count). The van der Waals surface area contributed by atoms with Crippen molar-refractivity contribution in [2.45, 2.75) is 26.0 Å². The molecule has 0 fully saturated rings. The maximum atomic E-state index is 12.1. The second kappa shape index (κ2) is 8.26. The van der Waals surface area contributed by atoms with Crippen LogP contribution in [0.5, 0.6) is 5.75 Å². The lowest BCUT2D eigenvalue weighted by molar-refractivity contribution is 0.0908. The van der Waals surface area contributed by atoms with E-state index in [4.69, 9.17) is 4.74 Å². The fourth-order valence-electron chi connectivity index (χ4n) is 2.17. The number of benzene rings is 1. The number of aliphatic hydroxyl groups excluding tert-OH is 1. The number of nitrogens with zero attached hydrogens (tertiary/aromatic N) is 2. The number of amides is 1. The number of hydrogen-bond donors (Lipinski definition) is 2. The van der Waals surface area contributed by atoms with Crippen LogP contribution in [0.2, 0.25) is 0 Å². The maximum absolute atomic E-state index is 12.1. The van der Waals surface area contributed by atoms with Crippen LogP contribution in [0.1, 0.15) is 35.5 Å². The van der Waals surface area contributed by atoms with E-state index in [0.29, 0.717) is 17.9 Å². The number of aryl methyl sites for hydroxylation is 1. The van der Waals surface area contributed by atoms with Gasteiger partial charge in [-0.25, -0.2) is 4.68 Å². The van der Waals surface area contributed by atoms with Gasteiger partial charge < -0.3 is 15.2 Å². The van der Waals surface area contributed by atoms with Crippen LogP contribution >= 0.6 is 0 Å². The fourth-order valence-corrected chi connectivity index (χ4v) is 2.17. The Labute approximate surface area is 139 Å². The molecule has 1 unspecified atom stereocenters. The number of aliphatic hydroxyl groups is 1. The van der Waals surface area contributed by atoms with Crippen molar-refractivity contribution in [3.05, 3.63) is 58.0 Å². The third-order valence-corrected chi connectivity index (χ3v) is 3.49. The van der Waals surface area contributed by atoms with Crippen molar-refractivity contribution in [1.82, 2.24) is 15.1 Å². The highest BCUT2D eigenvalue weighted by Gasteiger charge is 2.13. The summed E-state index contributed by atoms with van der Waals surface area (Å²) >= 11 is 0. The molecule has 0 saturated heterocycles. The van der Waals surface area contributed by atoms with Gasteiger partial charge in [0.1, 0.15) is 11.4 Å². The second-order valence-electron chi connectivity index (χ2n) is 5.28. The molecule has 7 heteroatoms. The Balaban J connectivity index is 1.99. The minimum absolute atomic E-state index is 0.0414. The highest BCUT2D eigenvalue weighted by molar-refractivity contribution is 5.92. The highest BCUT2D eigenvalue weighted by atomic mass is 16.5. The van der Waals surface area contributed by atoms with Gasteiger partial charge in [-0.3, -0.25) is 9.59 Å². The summed E-state index contributed by atoms with van der Waals surface area (Å²) in [6, 6.07) is 9.64. The second-order valence-corrected chi connectivity index (χ2v) is 5.28. The average molecular weight is 331 g/mol. The zero-order valence-corrected chi connectivity index (χ0v) is 13.7. The molecule has 0 saturated carbocycles. The first-order valence-electron chi connectivity index (χ1n) is 7.73. The summed E-state index contributed by atoms with van der Waals surface area (Å²) in [5, 5.41) is 16.8. The third kappa shape index (κ3) is 4.42. The van der Waals surface area contributed by atoms with E-state index in [2.05, 4.69) is 10.4 Å². The lowest BCUT2D eigenvalue weighted by Gasteiger charge is -2.13. The van der Waals surface area contributed by atoms with Crippen molar-refractivity contribution in [1.29, 1.82) is 0 Å². The molecule has 1 atom stereocenters. The van der Waals surface area contributed by atoms with Crippen molar-refractivity contribution in [2.75, 3.05) is 13.7 Å². The van der Waals surface area contributed by atoms with Crippen molar-refractivity contribution in [3.63, 3.8) is 0 Å². The predicted molar refractivity (Wildman–Crippen MR) is 89.1 cm³/mol. The molecule has 24 heavy (non-hydrogen) atoms. The molecule has 1 aromatic heterocycles. The number of methoxy groups -OCH3 is 1. The van der Waals surface area contributed by atoms with Gasteiger partial charge in [-0.15, -0.1) is 0 Å². The van der Waals surface area contributed by atoms with Crippen molar-refractivity contribution in [3.8, 4) is 5.75 Å². The van der Waals surface area contributed by atoms with Crippen LogP contribution in [0.15, 0.2) is 41.2 Å². The zero-order chi connectivity index (χ0) is 17.5. The normalized spacial score (nSPS) is 11.8. The van der Waals surface area contributed by atoms with E-state index in [1.807, 2.05) is 6.92 Å². The Morgan fingerprint density at radius 3 is 2.62 bits per heavy atom. The van der Waals surface area contributed by atoms with Gasteiger partial charge in [0.05, 0.1) is 13.2 Å². The molecule has 1 aromatic carbocycles. The summed E-state index contributed by atoms with van der Waals surface area (Å²) in [6.07, 6.45) is -0.102. The molecule has 0 aliphatic rings. The number of hydrogen-bond acceptors (Lipinski definition) is 5. The van der Waals surface area contributed by atoms with Gasteiger partial charge in [-0.1, -0.05) is 19.1 Å². The predicted octanol–water partition coefficient (Wildman–Crippen LogP) is 1.13. The number of nitrogens with one attached hydrogen (secondary N) is 1. The summed E-state index contributed by atoms with van der Waals surface area (Å²) in [7, 11) is 1.57. The summed E-state index contributed by atoms with van der Waals surface area (Å²) in [6.45, 7) is 2.42. The van der Waals surface area contributed by atoms with E-state index in [0.717, 1.165) is 6.42 Å². The molecule has 128 valence electrons. The van der Waals surface area contributed by atoms with Crippen LogP contribution in [0.4, 0.5) is 0 Å². The SMILES string of the molecule is CCCn1nc(C(=O)NCC(O)c2ccc(OC)cc2)ccc1=O. The van der Waals surface area contributed by atoms with Crippen LogP contribution in [0.25, 0.3) is 0 Å². The maximum Gasteiger partial charge on any atom is 0.271 e. The zero-order valence-electron chi connectivity index (χ0n) is 13.7. The Bertz CT molecular complexity index is 740. The lowest BCUT2D eigenvalue weighted by Crippen LogP contribution is -2.32. The number of aromatic nitrogens is 2. The summed E-state index contributed by atoms with van der Waals surface area (Å²) in [5.74, 6) is 0.254. The average Bonchev–Trinajstić information content (AvgIpc) is 2.61. The topological polar surface area (TPSA) is 93.5 Å². The Morgan fingerprint density at radius 1 is 1.29 bits per heavy atom. The van der Waals surface area contributed by atoms with E-state index in [9.17, 15) is 14.7 Å². The van der Waals surface area contributed by atoms with Crippen molar-refractivity contribution < 1.29 is 14.6 Å². The molecule has 0 aliphatic carbocycles. The van der Waals surface area contributed by atoms with Crippen LogP contribution < -0.4 is 15.6 Å². The van der Waals surface area contributed by atoms with Crippen LogP contribution in [-0.2, 0) is 6.54 Å². The van der Waals surface area contributed by atoms with E-state index < -0.39 is 12.0 Å². The molecule has 0 bridgehead atoms. The molecule has 0 radical (unpaired) electrons. The molecule has 7 nitrogen and oxygen atoms in total. The van der Waals surface area contributed by atoms with Gasteiger partial charge in [0, 0.05) is 19.2 Å². The monoisotopic (exact) mass is 331 g/mol. The summed E-state index contributed by atoms with van der Waals surface area (Å²) < 4.78 is 6.32. The molecule has 2 aromatic rings. The van der Waals surface area contributed by atoms with E-state index >= 15 is 0 Å². The van der Waals surface area contributed by atoms with Crippen molar-refractivity contribution >= 4 is 5.91 Å². The molecule has 0 aliphatic heterocycles. The van der Waals surface area contributed by atoms with Gasteiger partial charge in [0.2, 0.25) is 0 Å². The molecular weight excluding hydrogens is 310 g/mol. The first-order valence-corrected chi connectivity index (χ1v) is 7.73. The molecule has 1 amide bonds. The third-order valence-electron chi connectivity index (χ3n) is 3.49. The van der Waals surface area contributed by atoms with Crippen LogP contribution in [0, 0.1) is 0 Å². The molecule has 2 N–H and O–H groups in total. The van der Waals surface area contributed by atoms with Crippen molar-refractivity contribution in [2.24, 2.45) is 0 Å². The lowest BCUT2D eigenvalue weighted by atomic mass is 10.1. The van der Waals surface area contributed by atoms with Gasteiger partial charge >= 0.3 is 0 Å². The van der Waals surface area contributed by atoms with E-state index in [-0.39, 0.29) is 17.8 Å². The minimum atomic E-state index is -0.846. The number of carbonyl (C=O) groups is 1. The number of carbonyl (C=O) groups excluding carboxylic acids is 1. The van der Waals surface area contributed by atoms with Gasteiger partial charge in [-0.2, -0.15) is 5.10 Å². The minimum Gasteiger partial charge on any atom is -0.497 e. The molecule has 1 heterocycles. The van der Waals surface area contributed by atoms with Gasteiger partial charge in [0.25, 0.3) is 11.5 Å². The van der Waals surface area contributed by atoms with Gasteiger partial charge in [-0.05, 0) is 30.2 Å². The Kier molecular flexibility index (Phi) is 6.08. The fraction of sp³-hybridized carbons (Fsp3) is 0.353. The Morgan fingerprint density at radius 2 is 2.00 bits per heavy atom. The first-order chi connectivity index (χ1) is 11.5. The van der Waals surface area contributed by atoms with Crippen LogP contribution in [-0.4, -0.2) is 34.4 Å². The standard InChI is InChI=1S/C17H21N3O4/c1-3-10-20-16(22)9-8-14(19-20)17(23)18-11-15(21)12-4-6-13(24-2)7-5-12/h4-9,15,21H,3,10-11H2,1-2H3,(H,18,23). The van der Waals surface area contributed by atoms with Crippen LogP contribution in [0.3, 0.4) is 0 Å². The first kappa shape index (κ1) is 17.7. The highest BCUT2D eigenvalue weighted by Crippen LogP contribution is 2.16. The van der Waals surface area contributed by atoms with Gasteiger partial charge in [0.15, 0.2) is 0 Å². The number of rotatable bonds is 7. The molecule has 0 spiro atoms.